The molecule has 1 atom stereocenters. The number of para-hydroxylation sites is 1. The molecule has 0 bridgehead atoms. The van der Waals surface area contributed by atoms with Gasteiger partial charge in [0.25, 0.3) is 0 Å². The molecule has 1 amide bonds. The second kappa shape index (κ2) is 8.78. The van der Waals surface area contributed by atoms with Crippen LogP contribution in [0.3, 0.4) is 0 Å². The minimum Gasteiger partial charge on any atom is -0.497 e. The van der Waals surface area contributed by atoms with Gasteiger partial charge in [0.2, 0.25) is 5.91 Å². The number of hydrogen-bond donors (Lipinski definition) is 1. The molecule has 1 N–H and O–H groups in total. The fourth-order valence-electron chi connectivity index (χ4n) is 2.54. The Morgan fingerprint density at radius 2 is 1.67 bits per heavy atom. The maximum atomic E-state index is 12.6. The van der Waals surface area contributed by atoms with Crippen LogP contribution in [0.15, 0.2) is 47.4 Å². The van der Waals surface area contributed by atoms with Gasteiger partial charge in [-0.05, 0) is 55.2 Å². The molecular formula is C20H25NO2S. The van der Waals surface area contributed by atoms with Crippen LogP contribution >= 0.6 is 11.8 Å². The number of aryl methyl sites for hydroxylation is 2. The van der Waals surface area contributed by atoms with Gasteiger partial charge >= 0.3 is 0 Å². The zero-order valence-corrected chi connectivity index (χ0v) is 15.6. The van der Waals surface area contributed by atoms with Crippen molar-refractivity contribution in [1.29, 1.82) is 0 Å². The lowest BCUT2D eigenvalue weighted by molar-refractivity contribution is -0.115. The zero-order valence-electron chi connectivity index (χ0n) is 14.8. The van der Waals surface area contributed by atoms with E-state index in [1.54, 1.807) is 18.9 Å². The van der Waals surface area contributed by atoms with E-state index in [2.05, 4.69) is 37.4 Å². The minimum absolute atomic E-state index is 0.0337. The van der Waals surface area contributed by atoms with Gasteiger partial charge < -0.3 is 10.1 Å². The number of nitrogens with one attached hydrogen (secondary N) is 1. The molecule has 0 aromatic heterocycles. The van der Waals surface area contributed by atoms with Crippen molar-refractivity contribution in [3.8, 4) is 5.75 Å². The van der Waals surface area contributed by atoms with Crippen LogP contribution in [0.1, 0.15) is 31.9 Å². The molecule has 2 rings (SSSR count). The number of carbonyl (C=O) groups is 1. The highest BCUT2D eigenvalue weighted by Crippen LogP contribution is 2.28. The predicted molar refractivity (Wildman–Crippen MR) is 102 cm³/mol. The van der Waals surface area contributed by atoms with Gasteiger partial charge in [-0.2, -0.15) is 0 Å². The van der Waals surface area contributed by atoms with Crippen LogP contribution in [-0.2, 0) is 17.6 Å². The number of carbonyl (C=O) groups excluding carboxylic acids is 1. The topological polar surface area (TPSA) is 38.3 Å². The molecule has 0 aliphatic carbocycles. The Morgan fingerprint density at radius 3 is 2.17 bits per heavy atom. The Hall–Kier alpha value is -1.94. The van der Waals surface area contributed by atoms with Crippen LogP contribution in [0, 0.1) is 0 Å². The van der Waals surface area contributed by atoms with E-state index in [1.165, 1.54) is 11.1 Å². The Morgan fingerprint density at radius 1 is 1.08 bits per heavy atom. The lowest BCUT2D eigenvalue weighted by Crippen LogP contribution is -2.23. The molecule has 0 aliphatic rings. The van der Waals surface area contributed by atoms with Crippen molar-refractivity contribution in [3.63, 3.8) is 0 Å². The molecule has 0 radical (unpaired) electrons. The lowest BCUT2D eigenvalue weighted by atomic mass is 10.0. The molecular weight excluding hydrogens is 318 g/mol. The van der Waals surface area contributed by atoms with E-state index in [0.717, 1.165) is 29.2 Å². The normalized spacial score (nSPS) is 11.8. The van der Waals surface area contributed by atoms with Crippen molar-refractivity contribution in [1.82, 2.24) is 0 Å². The van der Waals surface area contributed by atoms with E-state index < -0.39 is 0 Å². The summed E-state index contributed by atoms with van der Waals surface area (Å²) in [5, 5.41) is 2.97. The van der Waals surface area contributed by atoms with Gasteiger partial charge in [0.15, 0.2) is 0 Å². The smallest absolute Gasteiger partial charge is 0.237 e. The largest absolute Gasteiger partial charge is 0.497 e. The fraction of sp³-hybridized carbons (Fsp3) is 0.350. The molecule has 0 spiro atoms. The summed E-state index contributed by atoms with van der Waals surface area (Å²) in [6.07, 6.45) is 1.81. The minimum atomic E-state index is -0.173. The average molecular weight is 343 g/mol. The SMILES string of the molecule is CCc1cccc(CC)c1NC(=O)[C@@H](C)Sc1ccc(OC)cc1. The lowest BCUT2D eigenvalue weighted by Gasteiger charge is -2.17. The number of benzene rings is 2. The number of rotatable bonds is 7. The summed E-state index contributed by atoms with van der Waals surface area (Å²) in [5.41, 5.74) is 3.35. The summed E-state index contributed by atoms with van der Waals surface area (Å²) in [6, 6.07) is 14.0. The van der Waals surface area contributed by atoms with Crippen LogP contribution in [0.5, 0.6) is 5.75 Å². The van der Waals surface area contributed by atoms with Crippen LogP contribution in [0.25, 0.3) is 0 Å². The molecule has 4 heteroatoms. The van der Waals surface area contributed by atoms with E-state index in [-0.39, 0.29) is 11.2 Å². The Bertz CT molecular complexity index is 660. The number of ether oxygens (including phenoxy) is 1. The predicted octanol–water partition coefficient (Wildman–Crippen LogP) is 4.94. The molecule has 0 aliphatic heterocycles. The first kappa shape index (κ1) is 18.4. The van der Waals surface area contributed by atoms with Crippen LogP contribution in [0.4, 0.5) is 5.69 Å². The maximum Gasteiger partial charge on any atom is 0.237 e. The molecule has 0 saturated heterocycles. The molecule has 2 aromatic rings. The Kier molecular flexibility index (Phi) is 6.73. The first-order chi connectivity index (χ1) is 11.6. The first-order valence-electron chi connectivity index (χ1n) is 8.31. The van der Waals surface area contributed by atoms with Crippen molar-refractivity contribution >= 4 is 23.4 Å². The van der Waals surface area contributed by atoms with Gasteiger partial charge in [-0.15, -0.1) is 11.8 Å². The highest BCUT2D eigenvalue weighted by atomic mass is 32.2. The molecule has 24 heavy (non-hydrogen) atoms. The monoisotopic (exact) mass is 343 g/mol. The zero-order chi connectivity index (χ0) is 17.5. The van der Waals surface area contributed by atoms with Crippen molar-refractivity contribution in [3.05, 3.63) is 53.6 Å². The Labute approximate surface area is 148 Å². The second-order valence-electron chi connectivity index (χ2n) is 5.58. The highest BCUT2D eigenvalue weighted by molar-refractivity contribution is 8.00. The van der Waals surface area contributed by atoms with Crippen LogP contribution in [0.2, 0.25) is 0 Å². The van der Waals surface area contributed by atoms with Crippen molar-refractivity contribution in [2.75, 3.05) is 12.4 Å². The molecule has 128 valence electrons. The van der Waals surface area contributed by atoms with E-state index in [1.807, 2.05) is 31.2 Å². The number of anilines is 1. The molecule has 0 saturated carbocycles. The summed E-state index contributed by atoms with van der Waals surface area (Å²) >= 11 is 1.55. The van der Waals surface area contributed by atoms with E-state index in [9.17, 15) is 4.79 Å². The molecule has 3 nitrogen and oxygen atoms in total. The van der Waals surface area contributed by atoms with Crippen molar-refractivity contribution in [2.45, 2.75) is 43.8 Å². The number of methoxy groups -OCH3 is 1. The van der Waals surface area contributed by atoms with Gasteiger partial charge in [-0.3, -0.25) is 4.79 Å². The van der Waals surface area contributed by atoms with E-state index in [4.69, 9.17) is 4.74 Å². The van der Waals surface area contributed by atoms with Crippen molar-refractivity contribution in [2.24, 2.45) is 0 Å². The third kappa shape index (κ3) is 4.54. The number of thioether (sulfide) groups is 1. The molecule has 0 heterocycles. The third-order valence-electron chi connectivity index (χ3n) is 3.99. The van der Waals surface area contributed by atoms with Gasteiger partial charge in [0, 0.05) is 10.6 Å². The van der Waals surface area contributed by atoms with Gasteiger partial charge in [0.05, 0.1) is 12.4 Å². The molecule has 0 fully saturated rings. The van der Waals surface area contributed by atoms with E-state index in [0.29, 0.717) is 0 Å². The fourth-order valence-corrected chi connectivity index (χ4v) is 3.41. The number of hydrogen-bond acceptors (Lipinski definition) is 3. The van der Waals surface area contributed by atoms with Crippen molar-refractivity contribution < 1.29 is 9.53 Å². The summed E-state index contributed by atoms with van der Waals surface area (Å²) < 4.78 is 5.16. The van der Waals surface area contributed by atoms with Gasteiger partial charge in [0.1, 0.15) is 5.75 Å². The first-order valence-corrected chi connectivity index (χ1v) is 9.19. The van der Waals surface area contributed by atoms with Crippen LogP contribution < -0.4 is 10.1 Å². The number of amides is 1. The van der Waals surface area contributed by atoms with Crippen LogP contribution in [-0.4, -0.2) is 18.3 Å². The quantitative estimate of drug-likeness (QED) is 0.724. The van der Waals surface area contributed by atoms with Gasteiger partial charge in [-0.1, -0.05) is 32.0 Å². The standard InChI is InChI=1S/C20H25NO2S/c1-5-15-8-7-9-16(6-2)19(15)21-20(22)14(3)24-18-12-10-17(23-4)11-13-18/h7-14H,5-6H2,1-4H3,(H,21,22)/t14-/m1/s1. The summed E-state index contributed by atoms with van der Waals surface area (Å²) in [4.78, 5) is 13.7. The molecule has 2 aromatic carbocycles. The molecule has 0 unspecified atom stereocenters. The Balaban J connectivity index is 2.08. The second-order valence-corrected chi connectivity index (χ2v) is 7.00. The summed E-state index contributed by atoms with van der Waals surface area (Å²) in [6.45, 7) is 6.16. The summed E-state index contributed by atoms with van der Waals surface area (Å²) in [5.74, 6) is 0.854. The van der Waals surface area contributed by atoms with Gasteiger partial charge in [-0.25, -0.2) is 0 Å². The average Bonchev–Trinajstić information content (AvgIpc) is 2.62. The third-order valence-corrected chi connectivity index (χ3v) is 5.10. The summed E-state index contributed by atoms with van der Waals surface area (Å²) in [7, 11) is 1.65. The highest BCUT2D eigenvalue weighted by Gasteiger charge is 2.17. The van der Waals surface area contributed by atoms with E-state index >= 15 is 0 Å². The maximum absolute atomic E-state index is 12.6.